The van der Waals surface area contributed by atoms with Crippen molar-refractivity contribution in [2.24, 2.45) is 0 Å². The van der Waals surface area contributed by atoms with E-state index in [1.54, 1.807) is 18.9 Å². The van der Waals surface area contributed by atoms with Crippen LogP contribution in [-0.4, -0.2) is 13.4 Å². The molecule has 1 nitrogen and oxygen atoms in total. The number of ether oxygens (including phenoxy) is 1. The summed E-state index contributed by atoms with van der Waals surface area (Å²) in [6.07, 6.45) is 3.23. The molecule has 0 aliphatic heterocycles. The van der Waals surface area contributed by atoms with Crippen LogP contribution in [0.4, 0.5) is 0 Å². The van der Waals surface area contributed by atoms with Crippen LogP contribution in [0.1, 0.15) is 31.7 Å². The van der Waals surface area contributed by atoms with Crippen molar-refractivity contribution in [3.05, 3.63) is 23.8 Å². The summed E-state index contributed by atoms with van der Waals surface area (Å²) in [4.78, 5) is 1.23. The molecule has 0 saturated heterocycles. The molecule has 0 N–H and O–H groups in total. The van der Waals surface area contributed by atoms with Crippen molar-refractivity contribution in [2.75, 3.05) is 13.4 Å². The zero-order chi connectivity index (χ0) is 10.6. The van der Waals surface area contributed by atoms with Crippen molar-refractivity contribution in [1.82, 2.24) is 0 Å². The molecule has 0 aliphatic rings. The highest BCUT2D eigenvalue weighted by Crippen LogP contribution is 2.36. The van der Waals surface area contributed by atoms with Gasteiger partial charge in [0.05, 0.1) is 7.11 Å². The Bertz CT molecular complexity index is 296. The average Bonchev–Trinajstić information content (AvgIpc) is 2.26. The molecule has 0 heterocycles. The van der Waals surface area contributed by atoms with Crippen LogP contribution in [-0.2, 0) is 0 Å². The Kier molecular flexibility index (Phi) is 4.33. The highest BCUT2D eigenvalue weighted by Gasteiger charge is 2.12. The van der Waals surface area contributed by atoms with Gasteiger partial charge >= 0.3 is 0 Å². The van der Waals surface area contributed by atoms with Crippen molar-refractivity contribution in [1.29, 1.82) is 0 Å². The Morgan fingerprint density at radius 2 is 2.14 bits per heavy atom. The maximum Gasteiger partial charge on any atom is 0.135 e. The number of rotatable bonds is 4. The molecule has 1 rings (SSSR count). The van der Waals surface area contributed by atoms with E-state index < -0.39 is 0 Å². The first kappa shape index (κ1) is 11.4. The maximum atomic E-state index is 5.47. The second kappa shape index (κ2) is 5.30. The van der Waals surface area contributed by atoms with Crippen LogP contribution in [0.3, 0.4) is 0 Å². The Morgan fingerprint density at radius 1 is 1.43 bits per heavy atom. The topological polar surface area (TPSA) is 9.23 Å². The first-order valence-corrected chi connectivity index (χ1v) is 6.17. The minimum atomic E-state index is 0.567. The quantitative estimate of drug-likeness (QED) is 0.696. The molecular formula is C12H18OS. The molecule has 1 unspecified atom stereocenters. The highest BCUT2D eigenvalue weighted by atomic mass is 32.2. The second-order valence-corrected chi connectivity index (χ2v) is 4.24. The van der Waals surface area contributed by atoms with E-state index in [-0.39, 0.29) is 0 Å². The predicted molar refractivity (Wildman–Crippen MR) is 63.5 cm³/mol. The summed E-state index contributed by atoms with van der Waals surface area (Å²) in [5.41, 5.74) is 1.32. The molecule has 78 valence electrons. The standard InChI is InChI=1S/C12H18OS/c1-5-9(2)10-7-6-8-11(14-4)12(10)13-3/h6-9H,5H2,1-4H3. The molecule has 0 bridgehead atoms. The summed E-state index contributed by atoms with van der Waals surface area (Å²) in [7, 11) is 1.75. The van der Waals surface area contributed by atoms with Gasteiger partial charge in [0.25, 0.3) is 0 Å². The lowest BCUT2D eigenvalue weighted by Gasteiger charge is -2.16. The van der Waals surface area contributed by atoms with Gasteiger partial charge in [-0.05, 0) is 30.2 Å². The molecule has 0 radical (unpaired) electrons. The van der Waals surface area contributed by atoms with Gasteiger partial charge in [-0.2, -0.15) is 0 Å². The molecule has 1 aromatic rings. The minimum absolute atomic E-state index is 0.567. The number of methoxy groups -OCH3 is 1. The smallest absolute Gasteiger partial charge is 0.135 e. The van der Waals surface area contributed by atoms with Gasteiger partial charge in [0.15, 0.2) is 0 Å². The highest BCUT2D eigenvalue weighted by molar-refractivity contribution is 7.98. The van der Waals surface area contributed by atoms with Crippen molar-refractivity contribution in [3.63, 3.8) is 0 Å². The minimum Gasteiger partial charge on any atom is -0.495 e. The summed E-state index contributed by atoms with van der Waals surface area (Å²) < 4.78 is 5.47. The van der Waals surface area contributed by atoms with Crippen molar-refractivity contribution in [2.45, 2.75) is 31.1 Å². The summed E-state index contributed by atoms with van der Waals surface area (Å²) in [5.74, 6) is 1.62. The Morgan fingerprint density at radius 3 is 2.64 bits per heavy atom. The fourth-order valence-corrected chi connectivity index (χ4v) is 2.12. The second-order valence-electron chi connectivity index (χ2n) is 3.39. The van der Waals surface area contributed by atoms with Crippen molar-refractivity contribution in [3.8, 4) is 5.75 Å². The summed E-state index contributed by atoms with van der Waals surface area (Å²) in [5, 5.41) is 0. The molecule has 1 atom stereocenters. The van der Waals surface area contributed by atoms with E-state index in [1.165, 1.54) is 10.5 Å². The van der Waals surface area contributed by atoms with Crippen LogP contribution in [0.15, 0.2) is 23.1 Å². The van der Waals surface area contributed by atoms with Crippen LogP contribution in [0.5, 0.6) is 5.75 Å². The normalized spacial score (nSPS) is 12.6. The van der Waals surface area contributed by atoms with Crippen molar-refractivity contribution >= 4 is 11.8 Å². The van der Waals surface area contributed by atoms with Gasteiger partial charge in [-0.1, -0.05) is 26.0 Å². The molecule has 14 heavy (non-hydrogen) atoms. The lowest BCUT2D eigenvalue weighted by molar-refractivity contribution is 0.396. The number of hydrogen-bond donors (Lipinski definition) is 0. The number of benzene rings is 1. The van der Waals surface area contributed by atoms with Crippen LogP contribution in [0.2, 0.25) is 0 Å². The van der Waals surface area contributed by atoms with Crippen LogP contribution in [0.25, 0.3) is 0 Å². The van der Waals surface area contributed by atoms with E-state index in [2.05, 4.69) is 38.3 Å². The summed E-state index contributed by atoms with van der Waals surface area (Å²) >= 11 is 1.74. The molecule has 0 fully saturated rings. The Labute approximate surface area is 90.9 Å². The van der Waals surface area contributed by atoms with Gasteiger partial charge in [0.2, 0.25) is 0 Å². The molecule has 1 aromatic carbocycles. The van der Waals surface area contributed by atoms with E-state index in [0.717, 1.165) is 12.2 Å². The molecule has 0 aromatic heterocycles. The van der Waals surface area contributed by atoms with Gasteiger partial charge in [0.1, 0.15) is 5.75 Å². The molecule has 0 aliphatic carbocycles. The lowest BCUT2D eigenvalue weighted by atomic mass is 9.98. The zero-order valence-electron chi connectivity index (χ0n) is 9.33. The van der Waals surface area contributed by atoms with Gasteiger partial charge in [-0.15, -0.1) is 11.8 Å². The van der Waals surface area contributed by atoms with Crippen LogP contribution in [0, 0.1) is 0 Å². The number of thioether (sulfide) groups is 1. The van der Waals surface area contributed by atoms with Gasteiger partial charge < -0.3 is 4.74 Å². The van der Waals surface area contributed by atoms with E-state index in [0.29, 0.717) is 5.92 Å². The maximum absolute atomic E-state index is 5.47. The summed E-state index contributed by atoms with van der Waals surface area (Å²) in [6, 6.07) is 6.37. The SMILES string of the molecule is CCC(C)c1cccc(SC)c1OC. The molecule has 2 heteroatoms. The zero-order valence-corrected chi connectivity index (χ0v) is 10.1. The monoisotopic (exact) mass is 210 g/mol. The molecule has 0 spiro atoms. The van der Waals surface area contributed by atoms with Crippen molar-refractivity contribution < 1.29 is 4.74 Å². The van der Waals surface area contributed by atoms with Gasteiger partial charge in [-0.25, -0.2) is 0 Å². The predicted octanol–water partition coefficient (Wildman–Crippen LogP) is 3.93. The fourth-order valence-electron chi connectivity index (χ4n) is 1.52. The number of hydrogen-bond acceptors (Lipinski definition) is 2. The first-order chi connectivity index (χ1) is 6.74. The van der Waals surface area contributed by atoms with Gasteiger partial charge in [0, 0.05) is 4.90 Å². The first-order valence-electron chi connectivity index (χ1n) is 4.95. The fraction of sp³-hybridized carbons (Fsp3) is 0.500. The van der Waals surface area contributed by atoms with E-state index in [1.807, 2.05) is 0 Å². The van der Waals surface area contributed by atoms with E-state index in [4.69, 9.17) is 4.74 Å². The molecular weight excluding hydrogens is 192 g/mol. The third kappa shape index (κ3) is 2.24. The average molecular weight is 210 g/mol. The largest absolute Gasteiger partial charge is 0.495 e. The van der Waals surface area contributed by atoms with E-state index >= 15 is 0 Å². The molecule has 0 amide bonds. The third-order valence-electron chi connectivity index (χ3n) is 2.58. The van der Waals surface area contributed by atoms with E-state index in [9.17, 15) is 0 Å². The lowest BCUT2D eigenvalue weighted by Crippen LogP contribution is -1.97. The number of para-hydroxylation sites is 1. The summed E-state index contributed by atoms with van der Waals surface area (Å²) in [6.45, 7) is 4.44. The Hall–Kier alpha value is -0.630. The third-order valence-corrected chi connectivity index (χ3v) is 3.34. The Balaban J connectivity index is 3.14. The molecule has 0 saturated carbocycles. The van der Waals surface area contributed by atoms with Crippen LogP contribution >= 0.6 is 11.8 Å². The van der Waals surface area contributed by atoms with Crippen LogP contribution < -0.4 is 4.74 Å². The van der Waals surface area contributed by atoms with Gasteiger partial charge in [-0.3, -0.25) is 0 Å².